The molecule has 1 amide bonds. The first-order chi connectivity index (χ1) is 12.7. The molecular weight excluding hydrogens is 330 g/mol. The van der Waals surface area contributed by atoms with Gasteiger partial charge in [-0.1, -0.05) is 0 Å². The molecule has 26 heavy (non-hydrogen) atoms. The standard InChI is InChI=1S/C19H19N5O2/c1-13-4-5-15(12-21-13)18-23-22-17(26-18)14-6-9-24(10-7-14)19(25)16-3-2-8-20-11-16/h2-5,8,11-12,14H,6-7,9-10H2,1H3. The molecular formula is C19H19N5O2. The van der Waals surface area contributed by atoms with E-state index in [1.165, 1.54) is 0 Å². The smallest absolute Gasteiger partial charge is 0.255 e. The van der Waals surface area contributed by atoms with Crippen LogP contribution in [0.3, 0.4) is 0 Å². The zero-order valence-electron chi connectivity index (χ0n) is 14.5. The molecule has 0 aliphatic carbocycles. The number of carbonyl (C=O) groups is 1. The van der Waals surface area contributed by atoms with Crippen molar-refractivity contribution >= 4 is 5.91 Å². The van der Waals surface area contributed by atoms with Crippen molar-refractivity contribution in [2.24, 2.45) is 0 Å². The lowest BCUT2D eigenvalue weighted by molar-refractivity contribution is 0.0706. The maximum atomic E-state index is 12.5. The summed E-state index contributed by atoms with van der Waals surface area (Å²) < 4.78 is 5.85. The highest BCUT2D eigenvalue weighted by Crippen LogP contribution is 2.29. The molecule has 0 N–H and O–H groups in total. The van der Waals surface area contributed by atoms with Crippen LogP contribution >= 0.6 is 0 Å². The average Bonchev–Trinajstić information content (AvgIpc) is 3.19. The van der Waals surface area contributed by atoms with Gasteiger partial charge in [0.25, 0.3) is 5.91 Å². The summed E-state index contributed by atoms with van der Waals surface area (Å²) in [7, 11) is 0. The molecule has 4 rings (SSSR count). The predicted octanol–water partition coefficient (Wildman–Crippen LogP) is 2.85. The number of hydrogen-bond acceptors (Lipinski definition) is 6. The SMILES string of the molecule is Cc1ccc(-c2nnc(C3CCN(C(=O)c4cccnc4)CC3)o2)cn1. The Bertz CT molecular complexity index is 884. The van der Waals surface area contributed by atoms with E-state index in [0.29, 0.717) is 30.4 Å². The average molecular weight is 349 g/mol. The molecule has 1 saturated heterocycles. The Morgan fingerprint density at radius 3 is 2.69 bits per heavy atom. The van der Waals surface area contributed by atoms with Crippen LogP contribution in [0.4, 0.5) is 0 Å². The number of aryl methyl sites for hydroxylation is 1. The zero-order chi connectivity index (χ0) is 17.9. The van der Waals surface area contributed by atoms with Gasteiger partial charge in [-0.25, -0.2) is 0 Å². The molecule has 0 spiro atoms. The van der Waals surface area contributed by atoms with Crippen molar-refractivity contribution in [3.8, 4) is 11.5 Å². The van der Waals surface area contributed by atoms with Crippen molar-refractivity contribution in [2.45, 2.75) is 25.7 Å². The highest BCUT2D eigenvalue weighted by molar-refractivity contribution is 5.93. The number of nitrogens with zero attached hydrogens (tertiary/aromatic N) is 5. The van der Waals surface area contributed by atoms with Gasteiger partial charge in [0.15, 0.2) is 0 Å². The van der Waals surface area contributed by atoms with Gasteiger partial charge in [0.2, 0.25) is 11.8 Å². The minimum absolute atomic E-state index is 0.0218. The first-order valence-corrected chi connectivity index (χ1v) is 8.66. The van der Waals surface area contributed by atoms with E-state index in [2.05, 4.69) is 20.2 Å². The molecule has 3 aromatic rings. The molecule has 1 fully saturated rings. The van der Waals surface area contributed by atoms with Crippen LogP contribution in [0.1, 0.15) is 40.7 Å². The first kappa shape index (κ1) is 16.4. The number of aromatic nitrogens is 4. The number of rotatable bonds is 3. The van der Waals surface area contributed by atoms with Gasteiger partial charge in [-0.2, -0.15) is 0 Å². The van der Waals surface area contributed by atoms with Gasteiger partial charge in [0, 0.05) is 43.3 Å². The fraction of sp³-hybridized carbons (Fsp3) is 0.316. The summed E-state index contributed by atoms with van der Waals surface area (Å²) in [6.45, 7) is 3.27. The van der Waals surface area contributed by atoms with E-state index in [1.54, 1.807) is 30.7 Å². The molecule has 4 heterocycles. The number of likely N-dealkylation sites (tertiary alicyclic amines) is 1. The van der Waals surface area contributed by atoms with Crippen LogP contribution in [0.5, 0.6) is 0 Å². The summed E-state index contributed by atoms with van der Waals surface area (Å²) in [5.74, 6) is 1.32. The molecule has 0 aromatic carbocycles. The Morgan fingerprint density at radius 1 is 1.15 bits per heavy atom. The van der Waals surface area contributed by atoms with E-state index in [0.717, 1.165) is 24.1 Å². The summed E-state index contributed by atoms with van der Waals surface area (Å²) in [6, 6.07) is 7.41. The lowest BCUT2D eigenvalue weighted by Crippen LogP contribution is -2.38. The highest BCUT2D eigenvalue weighted by atomic mass is 16.4. The number of piperidine rings is 1. The molecule has 1 aliphatic rings. The van der Waals surface area contributed by atoms with Gasteiger partial charge in [-0.15, -0.1) is 10.2 Å². The van der Waals surface area contributed by atoms with Crippen LogP contribution in [-0.2, 0) is 0 Å². The van der Waals surface area contributed by atoms with E-state index < -0.39 is 0 Å². The van der Waals surface area contributed by atoms with Gasteiger partial charge < -0.3 is 9.32 Å². The molecule has 132 valence electrons. The summed E-state index contributed by atoms with van der Waals surface area (Å²) in [4.78, 5) is 22.6. The van der Waals surface area contributed by atoms with Crippen molar-refractivity contribution in [1.82, 2.24) is 25.1 Å². The summed E-state index contributed by atoms with van der Waals surface area (Å²) in [6.07, 6.45) is 6.62. The second-order valence-corrected chi connectivity index (χ2v) is 6.44. The third-order valence-corrected chi connectivity index (χ3v) is 4.64. The second-order valence-electron chi connectivity index (χ2n) is 6.44. The molecule has 0 saturated carbocycles. The maximum Gasteiger partial charge on any atom is 0.255 e. The molecule has 7 heteroatoms. The van der Waals surface area contributed by atoms with Gasteiger partial charge in [0.1, 0.15) is 0 Å². The molecule has 0 unspecified atom stereocenters. The second kappa shape index (κ2) is 7.03. The molecule has 0 atom stereocenters. The lowest BCUT2D eigenvalue weighted by Gasteiger charge is -2.30. The van der Waals surface area contributed by atoms with E-state index in [4.69, 9.17) is 4.42 Å². The van der Waals surface area contributed by atoms with Crippen LogP contribution in [0.15, 0.2) is 47.3 Å². The Balaban J connectivity index is 1.41. The number of carbonyl (C=O) groups excluding carboxylic acids is 1. The predicted molar refractivity (Wildman–Crippen MR) is 94.4 cm³/mol. The molecule has 7 nitrogen and oxygen atoms in total. The van der Waals surface area contributed by atoms with Gasteiger partial charge in [0.05, 0.1) is 11.1 Å². The minimum Gasteiger partial charge on any atom is -0.420 e. The molecule has 1 aliphatic heterocycles. The van der Waals surface area contributed by atoms with E-state index in [-0.39, 0.29) is 11.8 Å². The Hall–Kier alpha value is -3.09. The van der Waals surface area contributed by atoms with Crippen LogP contribution in [0.25, 0.3) is 11.5 Å². The van der Waals surface area contributed by atoms with Crippen molar-refractivity contribution < 1.29 is 9.21 Å². The number of amides is 1. The maximum absolute atomic E-state index is 12.5. The topological polar surface area (TPSA) is 85.0 Å². The van der Waals surface area contributed by atoms with Crippen LogP contribution in [0.2, 0.25) is 0 Å². The van der Waals surface area contributed by atoms with Crippen molar-refractivity contribution in [1.29, 1.82) is 0 Å². The molecule has 3 aromatic heterocycles. The summed E-state index contributed by atoms with van der Waals surface area (Å²) in [5.41, 5.74) is 2.38. The van der Waals surface area contributed by atoms with Gasteiger partial charge in [-0.3, -0.25) is 14.8 Å². The Labute approximate surface area is 151 Å². The quantitative estimate of drug-likeness (QED) is 0.723. The van der Waals surface area contributed by atoms with Gasteiger partial charge in [-0.05, 0) is 44.0 Å². The third-order valence-electron chi connectivity index (χ3n) is 4.64. The fourth-order valence-electron chi connectivity index (χ4n) is 3.11. The molecule has 0 bridgehead atoms. The molecule has 0 radical (unpaired) electrons. The normalized spacial score (nSPS) is 15.2. The number of hydrogen-bond donors (Lipinski definition) is 0. The van der Waals surface area contributed by atoms with Crippen LogP contribution < -0.4 is 0 Å². The highest BCUT2D eigenvalue weighted by Gasteiger charge is 2.28. The Morgan fingerprint density at radius 2 is 2.00 bits per heavy atom. The summed E-state index contributed by atoms with van der Waals surface area (Å²) >= 11 is 0. The summed E-state index contributed by atoms with van der Waals surface area (Å²) in [5, 5.41) is 8.36. The fourth-order valence-corrected chi connectivity index (χ4v) is 3.11. The minimum atomic E-state index is 0.0218. The van der Waals surface area contributed by atoms with Crippen molar-refractivity contribution in [2.75, 3.05) is 13.1 Å². The Kier molecular flexibility index (Phi) is 4.43. The van der Waals surface area contributed by atoms with E-state index in [9.17, 15) is 4.79 Å². The van der Waals surface area contributed by atoms with Crippen molar-refractivity contribution in [3.63, 3.8) is 0 Å². The van der Waals surface area contributed by atoms with Crippen LogP contribution in [-0.4, -0.2) is 44.1 Å². The number of pyridine rings is 2. The largest absolute Gasteiger partial charge is 0.420 e. The van der Waals surface area contributed by atoms with Crippen molar-refractivity contribution in [3.05, 3.63) is 60.0 Å². The lowest BCUT2D eigenvalue weighted by atomic mass is 9.96. The van der Waals surface area contributed by atoms with E-state index >= 15 is 0 Å². The zero-order valence-corrected chi connectivity index (χ0v) is 14.5. The first-order valence-electron chi connectivity index (χ1n) is 8.66. The van der Waals surface area contributed by atoms with Crippen LogP contribution in [0, 0.1) is 6.92 Å². The van der Waals surface area contributed by atoms with E-state index in [1.807, 2.05) is 24.0 Å². The van der Waals surface area contributed by atoms with Gasteiger partial charge >= 0.3 is 0 Å². The monoisotopic (exact) mass is 349 g/mol. The third kappa shape index (κ3) is 3.33.